The first-order chi connectivity index (χ1) is 10.6. The highest BCUT2D eigenvalue weighted by Gasteiger charge is 2.23. The van der Waals surface area contributed by atoms with Crippen molar-refractivity contribution < 1.29 is 4.79 Å². The number of urea groups is 1. The number of hydrogen-bond acceptors (Lipinski definition) is 3. The normalized spacial score (nSPS) is 16.2. The van der Waals surface area contributed by atoms with Crippen molar-refractivity contribution in [2.75, 3.05) is 18.4 Å². The van der Waals surface area contributed by atoms with Gasteiger partial charge in [-0.3, -0.25) is 4.68 Å². The average Bonchev–Trinajstić information content (AvgIpc) is 3.19. The summed E-state index contributed by atoms with van der Waals surface area (Å²) in [6, 6.07) is 0.680. The van der Waals surface area contributed by atoms with Crippen molar-refractivity contribution in [3.05, 3.63) is 31.1 Å². The molecule has 2 aromatic rings. The first kappa shape index (κ1) is 14.6. The van der Waals surface area contributed by atoms with E-state index in [-0.39, 0.29) is 12.1 Å². The van der Waals surface area contributed by atoms with E-state index < -0.39 is 0 Å². The molecule has 7 heteroatoms. The molecule has 1 saturated heterocycles. The number of nitrogens with zero attached hydrogens (tertiary/aromatic N) is 5. The van der Waals surface area contributed by atoms with Gasteiger partial charge in [-0.15, -0.1) is 0 Å². The molecule has 0 spiro atoms. The van der Waals surface area contributed by atoms with Gasteiger partial charge in [0, 0.05) is 43.8 Å². The molecule has 2 aromatic heterocycles. The molecule has 0 unspecified atom stereocenters. The SMILES string of the molecule is CC(C)n1cc(NC(=O)N2CCC(n3ccnc3)CC2)cn1. The van der Waals surface area contributed by atoms with E-state index in [1.54, 1.807) is 12.4 Å². The predicted molar refractivity (Wildman–Crippen MR) is 83.7 cm³/mol. The number of amides is 2. The zero-order chi connectivity index (χ0) is 15.5. The van der Waals surface area contributed by atoms with Gasteiger partial charge in [-0.1, -0.05) is 0 Å². The van der Waals surface area contributed by atoms with E-state index in [2.05, 4.69) is 33.8 Å². The molecule has 118 valence electrons. The quantitative estimate of drug-likeness (QED) is 0.947. The summed E-state index contributed by atoms with van der Waals surface area (Å²) in [7, 11) is 0. The number of hydrogen-bond donors (Lipinski definition) is 1. The molecule has 22 heavy (non-hydrogen) atoms. The lowest BCUT2D eigenvalue weighted by Gasteiger charge is -2.32. The van der Waals surface area contributed by atoms with Gasteiger partial charge in [0.25, 0.3) is 0 Å². The molecular weight excluding hydrogens is 280 g/mol. The van der Waals surface area contributed by atoms with Crippen LogP contribution in [0.25, 0.3) is 0 Å². The Balaban J connectivity index is 1.53. The Bertz CT molecular complexity index is 610. The Labute approximate surface area is 129 Å². The summed E-state index contributed by atoms with van der Waals surface area (Å²) in [6.07, 6.45) is 11.1. The van der Waals surface area contributed by atoms with E-state index in [1.165, 1.54) is 0 Å². The summed E-state index contributed by atoms with van der Waals surface area (Å²) in [5.41, 5.74) is 0.746. The summed E-state index contributed by atoms with van der Waals surface area (Å²) in [5.74, 6) is 0. The highest BCUT2D eigenvalue weighted by Crippen LogP contribution is 2.22. The minimum absolute atomic E-state index is 0.0487. The molecule has 0 aliphatic carbocycles. The second-order valence-electron chi connectivity index (χ2n) is 5.96. The summed E-state index contributed by atoms with van der Waals surface area (Å²) >= 11 is 0. The monoisotopic (exact) mass is 302 g/mol. The topological polar surface area (TPSA) is 68.0 Å². The van der Waals surface area contributed by atoms with Crippen molar-refractivity contribution in [2.45, 2.75) is 38.8 Å². The van der Waals surface area contributed by atoms with Crippen molar-refractivity contribution in [1.82, 2.24) is 24.2 Å². The van der Waals surface area contributed by atoms with Crippen LogP contribution in [-0.4, -0.2) is 43.4 Å². The molecular formula is C15H22N6O. The Morgan fingerprint density at radius 3 is 2.73 bits per heavy atom. The summed E-state index contributed by atoms with van der Waals surface area (Å²) in [5, 5.41) is 7.15. The van der Waals surface area contributed by atoms with E-state index in [1.807, 2.05) is 28.3 Å². The van der Waals surface area contributed by atoms with Gasteiger partial charge in [-0.05, 0) is 26.7 Å². The number of rotatable bonds is 3. The van der Waals surface area contributed by atoms with Crippen LogP contribution in [0.3, 0.4) is 0 Å². The van der Waals surface area contributed by atoms with E-state index in [0.717, 1.165) is 31.6 Å². The minimum atomic E-state index is -0.0487. The van der Waals surface area contributed by atoms with Crippen LogP contribution in [0.5, 0.6) is 0 Å². The molecule has 2 amide bonds. The number of imidazole rings is 1. The van der Waals surface area contributed by atoms with Crippen LogP contribution in [0.15, 0.2) is 31.1 Å². The minimum Gasteiger partial charge on any atom is -0.334 e. The lowest BCUT2D eigenvalue weighted by atomic mass is 10.1. The van der Waals surface area contributed by atoms with Gasteiger partial charge in [0.15, 0.2) is 0 Å². The van der Waals surface area contributed by atoms with Crippen LogP contribution >= 0.6 is 0 Å². The van der Waals surface area contributed by atoms with Crippen molar-refractivity contribution >= 4 is 11.7 Å². The highest BCUT2D eigenvalue weighted by atomic mass is 16.2. The standard InChI is InChI=1S/C15H22N6O/c1-12(2)21-10-13(9-17-21)18-15(22)19-6-3-14(4-7-19)20-8-5-16-11-20/h5,8-12,14H,3-4,6-7H2,1-2H3,(H,18,22). The fourth-order valence-electron chi connectivity index (χ4n) is 2.74. The van der Waals surface area contributed by atoms with E-state index in [9.17, 15) is 4.79 Å². The fourth-order valence-corrected chi connectivity index (χ4v) is 2.74. The molecule has 0 saturated carbocycles. The number of piperidine rings is 1. The van der Waals surface area contributed by atoms with Gasteiger partial charge >= 0.3 is 6.03 Å². The summed E-state index contributed by atoms with van der Waals surface area (Å²) in [4.78, 5) is 18.2. The Morgan fingerprint density at radius 1 is 1.36 bits per heavy atom. The lowest BCUT2D eigenvalue weighted by Crippen LogP contribution is -2.41. The molecule has 7 nitrogen and oxygen atoms in total. The molecule has 0 bridgehead atoms. The third-order valence-electron chi connectivity index (χ3n) is 4.08. The second kappa shape index (κ2) is 6.21. The van der Waals surface area contributed by atoms with Gasteiger partial charge in [0.2, 0.25) is 0 Å². The van der Waals surface area contributed by atoms with E-state index >= 15 is 0 Å². The smallest absolute Gasteiger partial charge is 0.321 e. The van der Waals surface area contributed by atoms with Gasteiger partial charge in [-0.25, -0.2) is 9.78 Å². The van der Waals surface area contributed by atoms with Crippen LogP contribution < -0.4 is 5.32 Å². The molecule has 3 heterocycles. The fraction of sp³-hybridized carbons (Fsp3) is 0.533. The first-order valence-corrected chi connectivity index (χ1v) is 7.71. The van der Waals surface area contributed by atoms with E-state index in [4.69, 9.17) is 0 Å². The molecule has 1 fully saturated rings. The molecule has 1 N–H and O–H groups in total. The van der Waals surface area contributed by atoms with Crippen LogP contribution in [-0.2, 0) is 0 Å². The summed E-state index contributed by atoms with van der Waals surface area (Å²) < 4.78 is 3.96. The van der Waals surface area contributed by atoms with E-state index in [0.29, 0.717) is 6.04 Å². The van der Waals surface area contributed by atoms with Crippen molar-refractivity contribution in [2.24, 2.45) is 0 Å². The zero-order valence-electron chi connectivity index (χ0n) is 13.0. The highest BCUT2D eigenvalue weighted by molar-refractivity contribution is 5.89. The third kappa shape index (κ3) is 3.13. The molecule has 1 aliphatic heterocycles. The Kier molecular flexibility index (Phi) is 4.13. The van der Waals surface area contributed by atoms with Gasteiger partial charge in [-0.2, -0.15) is 5.10 Å². The predicted octanol–water partition coefficient (Wildman–Crippen LogP) is 2.53. The molecule has 0 atom stereocenters. The van der Waals surface area contributed by atoms with Crippen LogP contribution in [0.4, 0.5) is 10.5 Å². The Morgan fingerprint density at radius 2 is 2.14 bits per heavy atom. The number of carbonyl (C=O) groups is 1. The van der Waals surface area contributed by atoms with Crippen LogP contribution in [0.2, 0.25) is 0 Å². The molecule has 1 aliphatic rings. The molecule has 0 radical (unpaired) electrons. The lowest BCUT2D eigenvalue weighted by molar-refractivity contribution is 0.183. The van der Waals surface area contributed by atoms with Crippen molar-refractivity contribution in [3.63, 3.8) is 0 Å². The van der Waals surface area contributed by atoms with Crippen LogP contribution in [0, 0.1) is 0 Å². The maximum Gasteiger partial charge on any atom is 0.321 e. The maximum absolute atomic E-state index is 12.3. The molecule has 3 rings (SSSR count). The maximum atomic E-state index is 12.3. The van der Waals surface area contributed by atoms with Crippen LogP contribution in [0.1, 0.15) is 38.8 Å². The third-order valence-corrected chi connectivity index (χ3v) is 4.08. The van der Waals surface area contributed by atoms with Crippen molar-refractivity contribution in [1.29, 1.82) is 0 Å². The van der Waals surface area contributed by atoms with Gasteiger partial charge in [0.05, 0.1) is 18.2 Å². The zero-order valence-corrected chi connectivity index (χ0v) is 13.0. The Hall–Kier alpha value is -2.31. The van der Waals surface area contributed by atoms with Gasteiger partial charge < -0.3 is 14.8 Å². The average molecular weight is 302 g/mol. The number of likely N-dealkylation sites (tertiary alicyclic amines) is 1. The molecule has 0 aromatic carbocycles. The van der Waals surface area contributed by atoms with Gasteiger partial charge in [0.1, 0.15) is 0 Å². The first-order valence-electron chi connectivity index (χ1n) is 7.71. The summed E-state index contributed by atoms with van der Waals surface area (Å²) in [6.45, 7) is 5.62. The number of carbonyl (C=O) groups excluding carboxylic acids is 1. The number of nitrogens with one attached hydrogen (secondary N) is 1. The second-order valence-corrected chi connectivity index (χ2v) is 5.96. The number of aromatic nitrogens is 4. The van der Waals surface area contributed by atoms with Crippen molar-refractivity contribution in [3.8, 4) is 0 Å². The number of anilines is 1. The largest absolute Gasteiger partial charge is 0.334 e.